The summed E-state index contributed by atoms with van der Waals surface area (Å²) >= 11 is 0. The molecule has 3 nitrogen and oxygen atoms in total. The van der Waals surface area contributed by atoms with Crippen molar-refractivity contribution in [2.75, 3.05) is 0 Å². The molecule has 1 N–H and O–H groups in total. The number of aliphatic hydroxyl groups is 1. The highest BCUT2D eigenvalue weighted by atomic mass is 32.2. The van der Waals surface area contributed by atoms with Gasteiger partial charge in [0.2, 0.25) is 0 Å². The fourth-order valence-corrected chi connectivity index (χ4v) is 4.02. The van der Waals surface area contributed by atoms with Crippen LogP contribution in [-0.2, 0) is 15.3 Å². The quantitative estimate of drug-likeness (QED) is 0.787. The molecule has 0 spiro atoms. The van der Waals surface area contributed by atoms with Crippen molar-refractivity contribution in [3.05, 3.63) is 29.3 Å². The van der Waals surface area contributed by atoms with Gasteiger partial charge < -0.3 is 5.11 Å². The van der Waals surface area contributed by atoms with Crippen molar-refractivity contribution in [3.8, 4) is 0 Å². The maximum Gasteiger partial charge on any atom is 0.186 e. The predicted octanol–water partition coefficient (Wildman–Crippen LogP) is 2.58. The fraction of sp³-hybridized carbons (Fsp3) is 0.571. The lowest BCUT2D eigenvalue weighted by atomic mass is 9.86. The Bertz CT molecular complexity index is 592. The van der Waals surface area contributed by atoms with Gasteiger partial charge >= 0.3 is 0 Å². The van der Waals surface area contributed by atoms with Crippen LogP contribution in [0.15, 0.2) is 23.1 Å². The van der Waals surface area contributed by atoms with Crippen molar-refractivity contribution in [2.24, 2.45) is 0 Å². The van der Waals surface area contributed by atoms with Gasteiger partial charge in [0.05, 0.1) is 11.0 Å². The van der Waals surface area contributed by atoms with E-state index in [1.54, 1.807) is 26.0 Å². The molecule has 4 heteroatoms. The molecule has 1 atom stereocenters. The lowest BCUT2D eigenvalue weighted by Crippen LogP contribution is -2.32. The summed E-state index contributed by atoms with van der Waals surface area (Å²) in [5.74, 6) is 0. The van der Waals surface area contributed by atoms with Gasteiger partial charge in [-0.2, -0.15) is 0 Å². The van der Waals surface area contributed by atoms with E-state index in [1.807, 2.05) is 26.8 Å². The van der Waals surface area contributed by atoms with Crippen LogP contribution >= 0.6 is 0 Å². The molecule has 1 aromatic carbocycles. The number of rotatable bonds is 0. The molecule has 100 valence electrons. The zero-order valence-electron chi connectivity index (χ0n) is 11.5. The van der Waals surface area contributed by atoms with Gasteiger partial charge in [-0.3, -0.25) is 0 Å². The Kier molecular flexibility index (Phi) is 2.69. The van der Waals surface area contributed by atoms with Crippen LogP contribution in [0.5, 0.6) is 0 Å². The van der Waals surface area contributed by atoms with Crippen molar-refractivity contribution < 1.29 is 13.5 Å². The third-order valence-corrected chi connectivity index (χ3v) is 6.36. The Labute approximate surface area is 109 Å². The fourth-order valence-electron chi connectivity index (χ4n) is 2.26. The van der Waals surface area contributed by atoms with Crippen LogP contribution in [0.1, 0.15) is 51.8 Å². The van der Waals surface area contributed by atoms with Crippen LogP contribution < -0.4 is 0 Å². The number of aliphatic hydroxyl groups excluding tert-OH is 1. The molecule has 0 saturated carbocycles. The molecule has 0 bridgehead atoms. The molecule has 0 aliphatic carbocycles. The van der Waals surface area contributed by atoms with Crippen LogP contribution in [0.25, 0.3) is 0 Å². The van der Waals surface area contributed by atoms with Crippen molar-refractivity contribution >= 4 is 9.84 Å². The third-order valence-electron chi connectivity index (χ3n) is 3.81. The van der Waals surface area contributed by atoms with Crippen LogP contribution in [0, 0.1) is 0 Å². The summed E-state index contributed by atoms with van der Waals surface area (Å²) in [6.45, 7) is 9.27. The molecule has 1 aliphatic heterocycles. The van der Waals surface area contributed by atoms with Gasteiger partial charge in [0.25, 0.3) is 0 Å². The molecule has 1 heterocycles. The van der Waals surface area contributed by atoms with E-state index in [0.717, 1.165) is 5.56 Å². The minimum absolute atomic E-state index is 0.109. The second kappa shape index (κ2) is 3.58. The molecule has 0 radical (unpaired) electrons. The molecule has 2 rings (SSSR count). The molecule has 0 amide bonds. The molecular weight excluding hydrogens is 248 g/mol. The summed E-state index contributed by atoms with van der Waals surface area (Å²) in [5.41, 5.74) is 1.38. The first-order valence-corrected chi connectivity index (χ1v) is 7.55. The Morgan fingerprint density at radius 1 is 1.22 bits per heavy atom. The van der Waals surface area contributed by atoms with Gasteiger partial charge in [-0.05, 0) is 30.9 Å². The van der Waals surface area contributed by atoms with Gasteiger partial charge in [-0.25, -0.2) is 8.42 Å². The number of benzene rings is 1. The van der Waals surface area contributed by atoms with Crippen molar-refractivity contribution in [2.45, 2.75) is 55.8 Å². The molecule has 1 unspecified atom stereocenters. The predicted molar refractivity (Wildman–Crippen MR) is 71.4 cm³/mol. The Morgan fingerprint density at radius 2 is 1.78 bits per heavy atom. The minimum atomic E-state index is -3.47. The third kappa shape index (κ3) is 1.62. The molecule has 0 aromatic heterocycles. The zero-order chi connectivity index (χ0) is 13.9. The molecule has 0 fully saturated rings. The van der Waals surface area contributed by atoms with E-state index in [0.29, 0.717) is 5.56 Å². The SMILES string of the molecule is CC(C)(C)c1ccc2c(c1)S(=O)(=O)C(C)(C)C2O. The van der Waals surface area contributed by atoms with E-state index in [4.69, 9.17) is 0 Å². The van der Waals surface area contributed by atoms with E-state index in [2.05, 4.69) is 0 Å². The Hall–Kier alpha value is -0.870. The van der Waals surface area contributed by atoms with E-state index >= 15 is 0 Å². The summed E-state index contributed by atoms with van der Waals surface area (Å²) in [7, 11) is -3.47. The van der Waals surface area contributed by atoms with Gasteiger partial charge in [0, 0.05) is 5.56 Å². The molecule has 1 aliphatic rings. The number of hydrogen-bond donors (Lipinski definition) is 1. The Balaban J connectivity index is 2.73. The summed E-state index contributed by atoms with van der Waals surface area (Å²) in [4.78, 5) is 0.285. The monoisotopic (exact) mass is 268 g/mol. The number of hydrogen-bond acceptors (Lipinski definition) is 3. The van der Waals surface area contributed by atoms with Gasteiger partial charge in [-0.1, -0.05) is 32.9 Å². The molecule has 0 saturated heterocycles. The van der Waals surface area contributed by atoms with E-state index in [1.165, 1.54) is 0 Å². The zero-order valence-corrected chi connectivity index (χ0v) is 12.3. The van der Waals surface area contributed by atoms with Crippen LogP contribution in [0.4, 0.5) is 0 Å². The maximum absolute atomic E-state index is 12.4. The average Bonchev–Trinajstić information content (AvgIpc) is 2.37. The summed E-state index contributed by atoms with van der Waals surface area (Å²) in [5, 5.41) is 10.2. The van der Waals surface area contributed by atoms with Crippen molar-refractivity contribution in [1.82, 2.24) is 0 Å². The lowest BCUT2D eigenvalue weighted by Gasteiger charge is -2.21. The van der Waals surface area contributed by atoms with Crippen molar-refractivity contribution in [1.29, 1.82) is 0 Å². The highest BCUT2D eigenvalue weighted by Crippen LogP contribution is 2.47. The number of sulfone groups is 1. The average molecular weight is 268 g/mol. The molecule has 18 heavy (non-hydrogen) atoms. The van der Waals surface area contributed by atoms with Crippen LogP contribution in [0.3, 0.4) is 0 Å². The number of fused-ring (bicyclic) bond motifs is 1. The van der Waals surface area contributed by atoms with E-state index in [9.17, 15) is 13.5 Å². The standard InChI is InChI=1S/C14H20O3S/c1-13(2,3)9-6-7-10-11(8-9)18(16,17)14(4,5)12(10)15/h6-8,12,15H,1-5H3. The highest BCUT2D eigenvalue weighted by Gasteiger charge is 2.51. The van der Waals surface area contributed by atoms with Gasteiger partial charge in [-0.15, -0.1) is 0 Å². The maximum atomic E-state index is 12.4. The van der Waals surface area contributed by atoms with Gasteiger partial charge in [0.1, 0.15) is 4.75 Å². The molecular formula is C14H20O3S. The van der Waals surface area contributed by atoms with Crippen molar-refractivity contribution in [3.63, 3.8) is 0 Å². The lowest BCUT2D eigenvalue weighted by molar-refractivity contribution is 0.144. The van der Waals surface area contributed by atoms with Crippen LogP contribution in [0.2, 0.25) is 0 Å². The highest BCUT2D eigenvalue weighted by molar-refractivity contribution is 7.93. The smallest absolute Gasteiger partial charge is 0.186 e. The summed E-state index contributed by atoms with van der Waals surface area (Å²) in [6, 6.07) is 5.36. The first-order valence-electron chi connectivity index (χ1n) is 6.07. The van der Waals surface area contributed by atoms with Crippen LogP contribution in [-0.4, -0.2) is 18.3 Å². The summed E-state index contributed by atoms with van der Waals surface area (Å²) in [6.07, 6.45) is -0.952. The second-order valence-electron chi connectivity index (χ2n) is 6.51. The van der Waals surface area contributed by atoms with E-state index < -0.39 is 20.7 Å². The Morgan fingerprint density at radius 3 is 2.28 bits per heavy atom. The first kappa shape index (κ1) is 13.6. The topological polar surface area (TPSA) is 54.4 Å². The first-order chi connectivity index (χ1) is 7.99. The van der Waals surface area contributed by atoms with E-state index in [-0.39, 0.29) is 10.3 Å². The van der Waals surface area contributed by atoms with Gasteiger partial charge in [0.15, 0.2) is 9.84 Å². The second-order valence-corrected chi connectivity index (χ2v) is 9.01. The largest absolute Gasteiger partial charge is 0.387 e. The normalized spacial score (nSPS) is 24.9. The summed E-state index contributed by atoms with van der Waals surface area (Å²) < 4.78 is 23.7. The molecule has 1 aromatic rings. The minimum Gasteiger partial charge on any atom is -0.387 e.